The van der Waals surface area contributed by atoms with E-state index in [1.165, 1.54) is 12.8 Å². The van der Waals surface area contributed by atoms with Crippen molar-refractivity contribution in [3.63, 3.8) is 0 Å². The molecule has 2 aliphatic carbocycles. The average molecular weight is 276 g/mol. The van der Waals surface area contributed by atoms with E-state index in [2.05, 4.69) is 4.74 Å². The van der Waals surface area contributed by atoms with Gasteiger partial charge in [-0.05, 0) is 43.1 Å². The van der Waals surface area contributed by atoms with Crippen LogP contribution in [0.25, 0.3) is 0 Å². The maximum absolute atomic E-state index is 12.3. The lowest BCUT2D eigenvalue weighted by Gasteiger charge is -2.32. The van der Waals surface area contributed by atoms with Crippen LogP contribution >= 0.6 is 0 Å². The minimum absolute atomic E-state index is 0.319. The highest BCUT2D eigenvalue weighted by Gasteiger charge is 2.32. The Kier molecular flexibility index (Phi) is 5.17. The fraction of sp³-hybridized carbons (Fsp3) is 0.867. The van der Waals surface area contributed by atoms with Gasteiger partial charge in [0.15, 0.2) is 0 Å². The number of alkyl halides is 3. The van der Waals surface area contributed by atoms with Gasteiger partial charge in [0.2, 0.25) is 0 Å². The third-order valence-electron chi connectivity index (χ3n) is 4.48. The van der Waals surface area contributed by atoms with Gasteiger partial charge in [-0.2, -0.15) is 0 Å². The topological polar surface area (TPSA) is 9.23 Å². The van der Waals surface area contributed by atoms with Crippen LogP contribution in [0.1, 0.15) is 64.2 Å². The second kappa shape index (κ2) is 6.67. The van der Waals surface area contributed by atoms with Crippen LogP contribution in [-0.2, 0) is 4.74 Å². The van der Waals surface area contributed by atoms with Crippen molar-refractivity contribution in [2.24, 2.45) is 11.8 Å². The maximum Gasteiger partial charge on any atom is 0.572 e. The van der Waals surface area contributed by atoms with Crippen molar-refractivity contribution in [2.45, 2.75) is 70.6 Å². The van der Waals surface area contributed by atoms with Gasteiger partial charge in [-0.15, -0.1) is 13.2 Å². The summed E-state index contributed by atoms with van der Waals surface area (Å²) >= 11 is 0. The van der Waals surface area contributed by atoms with Crippen LogP contribution in [0.5, 0.6) is 0 Å². The average Bonchev–Trinajstić information content (AvgIpc) is 2.40. The molecule has 2 saturated carbocycles. The fourth-order valence-electron chi connectivity index (χ4n) is 3.53. The maximum atomic E-state index is 12.3. The van der Waals surface area contributed by atoms with Crippen molar-refractivity contribution in [1.82, 2.24) is 0 Å². The van der Waals surface area contributed by atoms with Crippen LogP contribution in [0.3, 0.4) is 0 Å². The van der Waals surface area contributed by atoms with E-state index in [1.54, 1.807) is 0 Å². The minimum atomic E-state index is -4.55. The van der Waals surface area contributed by atoms with E-state index in [4.69, 9.17) is 0 Å². The third kappa shape index (κ3) is 4.73. The fourth-order valence-corrected chi connectivity index (χ4v) is 3.53. The monoisotopic (exact) mass is 276 g/mol. The summed E-state index contributed by atoms with van der Waals surface area (Å²) in [6.07, 6.45) is 7.62. The molecule has 0 saturated heterocycles. The summed E-state index contributed by atoms with van der Waals surface area (Å²) in [6, 6.07) is 0. The van der Waals surface area contributed by atoms with Gasteiger partial charge in [-0.1, -0.05) is 38.5 Å². The van der Waals surface area contributed by atoms with E-state index in [9.17, 15) is 13.2 Å². The second-order valence-electron chi connectivity index (χ2n) is 5.85. The normalized spacial score (nSPS) is 23.1. The minimum Gasteiger partial charge on any atom is -0.414 e. The Morgan fingerprint density at radius 2 is 1.21 bits per heavy atom. The summed E-state index contributed by atoms with van der Waals surface area (Å²) in [5.74, 6) is 0.637. The Bertz CT molecular complexity index is 277. The highest BCUT2D eigenvalue weighted by atomic mass is 19.4. The first-order valence-electron chi connectivity index (χ1n) is 7.51. The largest absolute Gasteiger partial charge is 0.572 e. The highest BCUT2D eigenvalue weighted by molar-refractivity contribution is 5.10. The molecule has 0 atom stereocenters. The summed E-state index contributed by atoms with van der Waals surface area (Å²) < 4.78 is 40.9. The molecule has 0 aromatic heterocycles. The molecule has 1 nitrogen and oxygen atoms in total. The number of hydrogen-bond acceptors (Lipinski definition) is 1. The van der Waals surface area contributed by atoms with Gasteiger partial charge in [0.05, 0.1) is 6.26 Å². The molecule has 0 aromatic rings. The van der Waals surface area contributed by atoms with E-state index >= 15 is 0 Å². The van der Waals surface area contributed by atoms with Gasteiger partial charge in [0.1, 0.15) is 0 Å². The first kappa shape index (κ1) is 14.7. The predicted octanol–water partition coefficient (Wildman–Crippen LogP) is 5.57. The molecule has 0 heterocycles. The van der Waals surface area contributed by atoms with Gasteiger partial charge in [-0.3, -0.25) is 0 Å². The molecule has 0 unspecified atom stereocenters. The smallest absolute Gasteiger partial charge is 0.414 e. The third-order valence-corrected chi connectivity index (χ3v) is 4.48. The zero-order valence-corrected chi connectivity index (χ0v) is 11.3. The van der Waals surface area contributed by atoms with Crippen LogP contribution in [0.2, 0.25) is 0 Å². The lowest BCUT2D eigenvalue weighted by atomic mass is 9.74. The van der Waals surface area contributed by atoms with E-state index in [0.29, 0.717) is 11.8 Å². The van der Waals surface area contributed by atoms with Gasteiger partial charge < -0.3 is 4.74 Å². The molecule has 2 rings (SSSR count). The Morgan fingerprint density at radius 3 is 1.58 bits per heavy atom. The van der Waals surface area contributed by atoms with Gasteiger partial charge >= 0.3 is 6.36 Å². The van der Waals surface area contributed by atoms with E-state index in [0.717, 1.165) is 63.2 Å². The van der Waals surface area contributed by atoms with Crippen molar-refractivity contribution in [3.05, 3.63) is 11.8 Å². The number of ether oxygens (including phenoxy) is 1. The molecule has 0 aliphatic heterocycles. The van der Waals surface area contributed by atoms with E-state index < -0.39 is 6.36 Å². The summed E-state index contributed by atoms with van der Waals surface area (Å²) in [5, 5.41) is 0. The number of hydrogen-bond donors (Lipinski definition) is 0. The van der Waals surface area contributed by atoms with Crippen molar-refractivity contribution in [2.75, 3.05) is 0 Å². The van der Waals surface area contributed by atoms with Crippen LogP contribution in [0.4, 0.5) is 13.2 Å². The second-order valence-corrected chi connectivity index (χ2v) is 5.85. The molecule has 0 spiro atoms. The molecular weight excluding hydrogens is 253 g/mol. The predicted molar refractivity (Wildman–Crippen MR) is 68.4 cm³/mol. The Balaban J connectivity index is 2.06. The molecule has 0 aromatic carbocycles. The first-order valence-corrected chi connectivity index (χ1v) is 7.51. The van der Waals surface area contributed by atoms with Crippen molar-refractivity contribution in [3.8, 4) is 0 Å². The molecule has 4 heteroatoms. The van der Waals surface area contributed by atoms with Crippen molar-refractivity contribution < 1.29 is 17.9 Å². The van der Waals surface area contributed by atoms with Crippen molar-refractivity contribution in [1.29, 1.82) is 0 Å². The molecule has 19 heavy (non-hydrogen) atoms. The Labute approximate surface area is 113 Å². The van der Waals surface area contributed by atoms with Crippen LogP contribution in [0.15, 0.2) is 11.8 Å². The summed E-state index contributed by atoms with van der Waals surface area (Å²) in [4.78, 5) is 0. The summed E-state index contributed by atoms with van der Waals surface area (Å²) in [7, 11) is 0. The molecule has 110 valence electrons. The lowest BCUT2D eigenvalue weighted by Crippen LogP contribution is -2.20. The highest BCUT2D eigenvalue weighted by Crippen LogP contribution is 2.40. The van der Waals surface area contributed by atoms with E-state index in [-0.39, 0.29) is 0 Å². The Hall–Kier alpha value is -0.670. The molecule has 0 N–H and O–H groups in total. The first-order chi connectivity index (χ1) is 9.06. The van der Waals surface area contributed by atoms with Crippen molar-refractivity contribution >= 4 is 0 Å². The van der Waals surface area contributed by atoms with E-state index in [1.807, 2.05) is 0 Å². The number of rotatable bonds is 3. The standard InChI is InChI=1S/C15H23F3O/c16-15(17,18)19-11-14(12-7-3-1-4-8-12)13-9-5-2-6-10-13/h11-13H,1-10H2. The summed E-state index contributed by atoms with van der Waals surface area (Å²) in [5.41, 5.74) is 0.941. The van der Waals surface area contributed by atoms with Crippen LogP contribution in [0, 0.1) is 11.8 Å². The Morgan fingerprint density at radius 1 is 0.789 bits per heavy atom. The zero-order chi connectivity index (χ0) is 13.7. The molecule has 0 radical (unpaired) electrons. The molecule has 2 fully saturated rings. The number of halogens is 3. The van der Waals surface area contributed by atoms with Crippen LogP contribution < -0.4 is 0 Å². The van der Waals surface area contributed by atoms with Gasteiger partial charge in [0, 0.05) is 0 Å². The van der Waals surface area contributed by atoms with Crippen LogP contribution in [-0.4, -0.2) is 6.36 Å². The molecule has 2 aliphatic rings. The van der Waals surface area contributed by atoms with Gasteiger partial charge in [0.25, 0.3) is 0 Å². The zero-order valence-electron chi connectivity index (χ0n) is 11.3. The number of allylic oxidation sites excluding steroid dienone is 1. The molecule has 0 bridgehead atoms. The molecular formula is C15H23F3O. The quantitative estimate of drug-likeness (QED) is 0.612. The summed E-state index contributed by atoms with van der Waals surface area (Å²) in [6.45, 7) is 0. The SMILES string of the molecule is FC(F)(F)OC=C(C1CCCCC1)C1CCCCC1. The lowest BCUT2D eigenvalue weighted by molar-refractivity contribution is -0.298. The molecule has 0 amide bonds. The van der Waals surface area contributed by atoms with Gasteiger partial charge in [-0.25, -0.2) is 0 Å².